The van der Waals surface area contributed by atoms with E-state index in [9.17, 15) is 4.79 Å². The van der Waals surface area contributed by atoms with Crippen LogP contribution in [-0.2, 0) is 9.53 Å². The molecule has 0 aromatic heterocycles. The molecule has 2 atom stereocenters. The van der Waals surface area contributed by atoms with E-state index in [1.807, 2.05) is 4.90 Å². The summed E-state index contributed by atoms with van der Waals surface area (Å²) in [7, 11) is 1.73. The van der Waals surface area contributed by atoms with Crippen LogP contribution in [0.4, 0.5) is 0 Å². The van der Waals surface area contributed by atoms with Gasteiger partial charge in [0, 0.05) is 26.1 Å². The molecule has 0 aromatic carbocycles. The molecule has 2 rings (SSSR count). The van der Waals surface area contributed by atoms with Crippen molar-refractivity contribution in [3.05, 3.63) is 0 Å². The average Bonchev–Trinajstić information content (AvgIpc) is 2.98. The summed E-state index contributed by atoms with van der Waals surface area (Å²) < 4.78 is 5.18. The van der Waals surface area contributed by atoms with Gasteiger partial charge in [-0.1, -0.05) is 6.92 Å². The topological polar surface area (TPSA) is 41.6 Å². The fourth-order valence-corrected chi connectivity index (χ4v) is 3.13. The molecule has 18 heavy (non-hydrogen) atoms. The molecule has 0 spiro atoms. The Morgan fingerprint density at radius 1 is 1.56 bits per heavy atom. The Morgan fingerprint density at radius 3 is 2.89 bits per heavy atom. The highest BCUT2D eigenvalue weighted by Gasteiger charge is 2.43. The first-order valence-electron chi connectivity index (χ1n) is 6.75. The van der Waals surface area contributed by atoms with Crippen LogP contribution >= 0.6 is 12.4 Å². The Labute approximate surface area is 116 Å². The number of ether oxygens (including phenoxy) is 1. The van der Waals surface area contributed by atoms with Gasteiger partial charge in [-0.05, 0) is 32.2 Å². The van der Waals surface area contributed by atoms with Gasteiger partial charge < -0.3 is 15.0 Å². The fourth-order valence-electron chi connectivity index (χ4n) is 3.13. The second-order valence-corrected chi connectivity index (χ2v) is 5.33. The Morgan fingerprint density at radius 2 is 2.33 bits per heavy atom. The smallest absolute Gasteiger partial charge is 0.242 e. The van der Waals surface area contributed by atoms with Crippen molar-refractivity contribution in [1.29, 1.82) is 0 Å². The second kappa shape index (κ2) is 6.73. The van der Waals surface area contributed by atoms with Crippen LogP contribution in [0.25, 0.3) is 0 Å². The summed E-state index contributed by atoms with van der Waals surface area (Å²) in [6.07, 6.45) is 4.10. The highest BCUT2D eigenvalue weighted by molar-refractivity contribution is 5.87. The number of carbonyl (C=O) groups excluding carboxylic acids is 1. The summed E-state index contributed by atoms with van der Waals surface area (Å²) in [6, 6.07) is 0. The molecule has 0 aliphatic carbocycles. The highest BCUT2D eigenvalue weighted by Crippen LogP contribution is 2.28. The van der Waals surface area contributed by atoms with Gasteiger partial charge in [0.25, 0.3) is 0 Å². The van der Waals surface area contributed by atoms with Crippen molar-refractivity contribution in [3.63, 3.8) is 0 Å². The summed E-state index contributed by atoms with van der Waals surface area (Å²) in [5.41, 5.74) is -0.262. The molecule has 2 aliphatic rings. The van der Waals surface area contributed by atoms with Gasteiger partial charge in [0.2, 0.25) is 5.91 Å². The normalized spacial score (nSPS) is 31.4. The standard InChI is InChI=1S/C13H24N2O2.ClH/c1-3-13(6-4-7-14-13)12(16)15-8-5-11(9-15)10-17-2;/h11,14H,3-10H2,1-2H3;1H. The third-order valence-corrected chi connectivity index (χ3v) is 4.23. The fraction of sp³-hybridized carbons (Fsp3) is 0.923. The number of nitrogens with zero attached hydrogens (tertiary/aromatic N) is 1. The van der Waals surface area contributed by atoms with E-state index in [0.29, 0.717) is 11.8 Å². The van der Waals surface area contributed by atoms with Crippen molar-refractivity contribution in [3.8, 4) is 0 Å². The number of carbonyl (C=O) groups is 1. The molecule has 4 nitrogen and oxygen atoms in total. The number of hydrogen-bond acceptors (Lipinski definition) is 3. The highest BCUT2D eigenvalue weighted by atomic mass is 35.5. The van der Waals surface area contributed by atoms with Crippen LogP contribution in [0.5, 0.6) is 0 Å². The molecule has 1 amide bonds. The molecule has 2 heterocycles. The molecule has 2 fully saturated rings. The van der Waals surface area contributed by atoms with E-state index >= 15 is 0 Å². The van der Waals surface area contributed by atoms with Gasteiger partial charge in [0.1, 0.15) is 0 Å². The maximum absolute atomic E-state index is 12.6. The zero-order valence-corrected chi connectivity index (χ0v) is 12.2. The first kappa shape index (κ1) is 15.7. The van der Waals surface area contributed by atoms with Crippen LogP contribution in [0, 0.1) is 5.92 Å². The van der Waals surface area contributed by atoms with E-state index in [2.05, 4.69) is 12.2 Å². The van der Waals surface area contributed by atoms with E-state index in [1.165, 1.54) is 0 Å². The van der Waals surface area contributed by atoms with E-state index in [4.69, 9.17) is 4.74 Å². The number of methoxy groups -OCH3 is 1. The number of amides is 1. The molecule has 1 N–H and O–H groups in total. The van der Waals surface area contributed by atoms with Crippen molar-refractivity contribution in [1.82, 2.24) is 10.2 Å². The van der Waals surface area contributed by atoms with Crippen molar-refractivity contribution in [2.75, 3.05) is 33.4 Å². The zero-order chi connectivity index (χ0) is 12.3. The summed E-state index contributed by atoms with van der Waals surface area (Å²) >= 11 is 0. The molecule has 0 bridgehead atoms. The maximum Gasteiger partial charge on any atom is 0.242 e. The first-order chi connectivity index (χ1) is 8.22. The van der Waals surface area contributed by atoms with Gasteiger partial charge >= 0.3 is 0 Å². The summed E-state index contributed by atoms with van der Waals surface area (Å²) in [5, 5.41) is 3.42. The van der Waals surface area contributed by atoms with Crippen LogP contribution in [0.15, 0.2) is 0 Å². The quantitative estimate of drug-likeness (QED) is 0.845. The minimum absolute atomic E-state index is 0. The lowest BCUT2D eigenvalue weighted by atomic mass is 9.92. The van der Waals surface area contributed by atoms with Gasteiger partial charge in [-0.25, -0.2) is 0 Å². The SMILES string of the molecule is CCC1(C(=O)N2CCC(COC)C2)CCCN1.Cl. The molecule has 106 valence electrons. The van der Waals surface area contributed by atoms with Gasteiger partial charge in [-0.2, -0.15) is 0 Å². The Hall–Kier alpha value is -0.320. The van der Waals surface area contributed by atoms with E-state index in [1.54, 1.807) is 7.11 Å². The lowest BCUT2D eigenvalue weighted by Gasteiger charge is -2.31. The number of nitrogens with one attached hydrogen (secondary N) is 1. The zero-order valence-electron chi connectivity index (χ0n) is 11.4. The molecular weight excluding hydrogens is 252 g/mol. The monoisotopic (exact) mass is 276 g/mol. The van der Waals surface area contributed by atoms with Crippen LogP contribution in [0.3, 0.4) is 0 Å². The van der Waals surface area contributed by atoms with Crippen molar-refractivity contribution >= 4 is 18.3 Å². The molecule has 2 saturated heterocycles. The summed E-state index contributed by atoms with van der Waals surface area (Å²) in [5.74, 6) is 0.843. The molecule has 5 heteroatoms. The Bertz CT molecular complexity index is 280. The predicted molar refractivity (Wildman–Crippen MR) is 74.1 cm³/mol. The lowest BCUT2D eigenvalue weighted by molar-refractivity contribution is -0.137. The average molecular weight is 277 g/mol. The second-order valence-electron chi connectivity index (χ2n) is 5.33. The molecule has 0 radical (unpaired) electrons. The van der Waals surface area contributed by atoms with Crippen LogP contribution in [0.1, 0.15) is 32.6 Å². The van der Waals surface area contributed by atoms with Crippen LogP contribution < -0.4 is 5.32 Å². The minimum atomic E-state index is -0.262. The van der Waals surface area contributed by atoms with E-state index < -0.39 is 0 Å². The molecule has 2 aliphatic heterocycles. The number of rotatable bonds is 4. The van der Waals surface area contributed by atoms with Crippen LogP contribution in [0.2, 0.25) is 0 Å². The molecule has 2 unspecified atom stereocenters. The largest absolute Gasteiger partial charge is 0.384 e. The summed E-state index contributed by atoms with van der Waals surface area (Å²) in [4.78, 5) is 14.6. The first-order valence-corrected chi connectivity index (χ1v) is 6.75. The Balaban J connectivity index is 0.00000162. The summed E-state index contributed by atoms with van der Waals surface area (Å²) in [6.45, 7) is 5.64. The molecular formula is C13H25ClN2O2. The third kappa shape index (κ3) is 2.98. The maximum atomic E-state index is 12.6. The van der Waals surface area contributed by atoms with Crippen molar-refractivity contribution in [2.24, 2.45) is 5.92 Å². The van der Waals surface area contributed by atoms with Crippen molar-refractivity contribution < 1.29 is 9.53 Å². The van der Waals surface area contributed by atoms with E-state index in [0.717, 1.165) is 51.9 Å². The number of halogens is 1. The Kier molecular flexibility index (Phi) is 5.89. The van der Waals surface area contributed by atoms with E-state index in [-0.39, 0.29) is 17.9 Å². The van der Waals surface area contributed by atoms with Crippen molar-refractivity contribution in [2.45, 2.75) is 38.1 Å². The van der Waals surface area contributed by atoms with Gasteiger partial charge in [-0.15, -0.1) is 12.4 Å². The third-order valence-electron chi connectivity index (χ3n) is 4.23. The molecule has 0 aromatic rings. The minimum Gasteiger partial charge on any atom is -0.384 e. The van der Waals surface area contributed by atoms with Gasteiger partial charge in [-0.3, -0.25) is 4.79 Å². The number of likely N-dealkylation sites (tertiary alicyclic amines) is 1. The lowest BCUT2D eigenvalue weighted by Crippen LogP contribution is -2.54. The van der Waals surface area contributed by atoms with Gasteiger partial charge in [0.05, 0.1) is 12.1 Å². The number of hydrogen-bond donors (Lipinski definition) is 1. The van der Waals surface area contributed by atoms with Gasteiger partial charge in [0.15, 0.2) is 0 Å². The molecule has 0 saturated carbocycles. The van der Waals surface area contributed by atoms with Crippen LogP contribution in [-0.4, -0.2) is 49.7 Å². The predicted octanol–water partition coefficient (Wildman–Crippen LogP) is 1.44.